The van der Waals surface area contributed by atoms with Gasteiger partial charge in [-0.25, -0.2) is 0 Å². The lowest BCUT2D eigenvalue weighted by molar-refractivity contribution is 1.09. The molecule has 0 fully saturated rings. The van der Waals surface area contributed by atoms with Crippen LogP contribution in [0.25, 0.3) is 0 Å². The van der Waals surface area contributed by atoms with Gasteiger partial charge < -0.3 is 0 Å². The van der Waals surface area contributed by atoms with Crippen LogP contribution in [0.2, 0.25) is 0 Å². The molecule has 16 heavy (non-hydrogen) atoms. The minimum absolute atomic E-state index is 0.777. The highest BCUT2D eigenvalue weighted by molar-refractivity contribution is 7.55. The van der Waals surface area contributed by atoms with Gasteiger partial charge in [0.25, 0.3) is 0 Å². The molecule has 1 heteroatoms. The van der Waals surface area contributed by atoms with Crippen molar-refractivity contribution in [2.75, 3.05) is 0 Å². The third kappa shape index (κ3) is 5.09. The molecule has 0 N–H and O–H groups in total. The molecule has 0 saturated carbocycles. The van der Waals surface area contributed by atoms with Crippen molar-refractivity contribution in [1.29, 1.82) is 0 Å². The first-order valence-electron chi connectivity index (χ1n) is 5.74. The molecule has 0 radical (unpaired) electrons. The molecule has 0 amide bonds. The second kappa shape index (κ2) is 8.07. The predicted molar refractivity (Wildman–Crippen MR) is 76.4 cm³/mol. The van der Waals surface area contributed by atoms with Gasteiger partial charge in [-0.05, 0) is 10.6 Å². The van der Waals surface area contributed by atoms with Crippen LogP contribution in [0.3, 0.4) is 0 Å². The van der Waals surface area contributed by atoms with E-state index in [9.17, 15) is 0 Å². The largest absolute Gasteiger partial charge is 0.0656 e. The minimum atomic E-state index is 0.777. The van der Waals surface area contributed by atoms with Gasteiger partial charge in [0, 0.05) is 0 Å². The lowest BCUT2D eigenvalue weighted by atomic mass is 10.4. The van der Waals surface area contributed by atoms with Gasteiger partial charge in [0.2, 0.25) is 0 Å². The van der Waals surface area contributed by atoms with E-state index in [2.05, 4.69) is 74.5 Å². The minimum Gasteiger partial charge on any atom is -0.0656 e. The third-order valence-corrected chi connectivity index (χ3v) is 3.08. The Bertz CT molecular complexity index is 330. The Morgan fingerprint density at radius 3 is 1.31 bits per heavy atom. The van der Waals surface area contributed by atoms with Crippen molar-refractivity contribution < 1.29 is 0 Å². The Morgan fingerprint density at radius 1 is 0.688 bits per heavy atom. The fourth-order valence-electron chi connectivity index (χ4n) is 1.21. The van der Waals surface area contributed by atoms with E-state index < -0.39 is 0 Å². The van der Waals surface area contributed by atoms with E-state index in [0.717, 1.165) is 8.58 Å². The Morgan fingerprint density at radius 2 is 1.00 bits per heavy atom. The first-order chi connectivity index (χ1) is 7.86. The van der Waals surface area contributed by atoms with Crippen LogP contribution in [0.4, 0.5) is 0 Å². The maximum absolute atomic E-state index is 2.17. The zero-order valence-electron chi connectivity index (χ0n) is 9.98. The van der Waals surface area contributed by atoms with Gasteiger partial charge >= 0.3 is 0 Å². The van der Waals surface area contributed by atoms with Crippen molar-refractivity contribution in [3.05, 3.63) is 60.7 Å². The molecule has 2 aromatic carbocycles. The molecule has 0 aromatic heterocycles. The second-order valence-electron chi connectivity index (χ2n) is 3.56. The summed E-state index contributed by atoms with van der Waals surface area (Å²) < 4.78 is 0. The standard InChI is InChI=1S/C12H11P.C3H8/c1-3-7-11(8-4-1)13-12-9-5-2-6-10-12;1-3-2/h1-10,13H;3H2,1-2H3. The summed E-state index contributed by atoms with van der Waals surface area (Å²) in [5.41, 5.74) is 0. The average molecular weight is 230 g/mol. The lowest BCUT2D eigenvalue weighted by Gasteiger charge is -2.00. The SMILES string of the molecule is CCC.c1ccc(Pc2ccccc2)cc1. The number of hydrogen-bond acceptors (Lipinski definition) is 0. The topological polar surface area (TPSA) is 0 Å². The first kappa shape index (κ1) is 12.9. The van der Waals surface area contributed by atoms with Crippen molar-refractivity contribution in [1.82, 2.24) is 0 Å². The highest BCUT2D eigenvalue weighted by Gasteiger charge is 1.92. The van der Waals surface area contributed by atoms with Crippen molar-refractivity contribution >= 4 is 19.2 Å². The average Bonchev–Trinajstić information content (AvgIpc) is 2.33. The summed E-state index contributed by atoms with van der Waals surface area (Å²) in [5, 5.41) is 2.79. The van der Waals surface area contributed by atoms with Crippen molar-refractivity contribution in [2.45, 2.75) is 20.3 Å². The Labute approximate surface area is 101 Å². The van der Waals surface area contributed by atoms with Crippen LogP contribution in [-0.2, 0) is 0 Å². The quantitative estimate of drug-likeness (QED) is 0.689. The van der Waals surface area contributed by atoms with Crippen LogP contribution < -0.4 is 10.6 Å². The van der Waals surface area contributed by atoms with Crippen molar-refractivity contribution in [3.8, 4) is 0 Å². The van der Waals surface area contributed by atoms with Gasteiger partial charge in [-0.2, -0.15) is 0 Å². The molecule has 0 aliphatic heterocycles. The summed E-state index contributed by atoms with van der Waals surface area (Å²) in [5.74, 6) is 0. The van der Waals surface area contributed by atoms with Gasteiger partial charge in [0.1, 0.15) is 0 Å². The molecule has 84 valence electrons. The molecule has 2 rings (SSSR count). The molecule has 0 unspecified atom stereocenters. The first-order valence-corrected chi connectivity index (χ1v) is 6.74. The summed E-state index contributed by atoms with van der Waals surface area (Å²) in [7, 11) is 0.777. The summed E-state index contributed by atoms with van der Waals surface area (Å²) in [4.78, 5) is 0. The van der Waals surface area contributed by atoms with E-state index in [0.29, 0.717) is 0 Å². The van der Waals surface area contributed by atoms with Gasteiger partial charge in [-0.15, -0.1) is 0 Å². The van der Waals surface area contributed by atoms with E-state index in [-0.39, 0.29) is 0 Å². The second-order valence-corrected chi connectivity index (χ2v) is 4.97. The molecule has 0 spiro atoms. The van der Waals surface area contributed by atoms with Crippen LogP contribution in [0.15, 0.2) is 60.7 Å². The highest BCUT2D eigenvalue weighted by atomic mass is 31.1. The van der Waals surface area contributed by atoms with E-state index >= 15 is 0 Å². The third-order valence-electron chi connectivity index (χ3n) is 1.84. The van der Waals surface area contributed by atoms with Crippen molar-refractivity contribution in [2.24, 2.45) is 0 Å². The summed E-state index contributed by atoms with van der Waals surface area (Å²) >= 11 is 0. The number of benzene rings is 2. The Kier molecular flexibility index (Phi) is 6.53. The zero-order chi connectivity index (χ0) is 11.6. The number of rotatable bonds is 2. The van der Waals surface area contributed by atoms with E-state index in [1.807, 2.05) is 0 Å². The molecule has 0 aliphatic carbocycles. The van der Waals surface area contributed by atoms with Crippen molar-refractivity contribution in [3.63, 3.8) is 0 Å². The molecule has 0 atom stereocenters. The van der Waals surface area contributed by atoms with Crippen LogP contribution in [-0.4, -0.2) is 0 Å². The predicted octanol–water partition coefficient (Wildman–Crippen LogP) is 3.73. The molecule has 0 bridgehead atoms. The van der Waals surface area contributed by atoms with Gasteiger partial charge in [-0.3, -0.25) is 0 Å². The highest BCUT2D eigenvalue weighted by Crippen LogP contribution is 2.08. The molecule has 0 saturated heterocycles. The van der Waals surface area contributed by atoms with E-state index in [1.54, 1.807) is 0 Å². The molecule has 0 aliphatic rings. The van der Waals surface area contributed by atoms with E-state index in [4.69, 9.17) is 0 Å². The Hall–Kier alpha value is -1.13. The van der Waals surface area contributed by atoms with Crippen LogP contribution >= 0.6 is 8.58 Å². The molecular formula is C15H19P. The molecule has 2 aromatic rings. The summed E-state index contributed by atoms with van der Waals surface area (Å²) in [6.07, 6.45) is 1.25. The molecule has 0 heterocycles. The maximum atomic E-state index is 2.17. The summed E-state index contributed by atoms with van der Waals surface area (Å²) in [6, 6.07) is 21.2. The number of hydrogen-bond donors (Lipinski definition) is 0. The Balaban J connectivity index is 0.000000386. The normalized spacial score (nSPS) is 9.12. The van der Waals surface area contributed by atoms with Crippen LogP contribution in [0.1, 0.15) is 20.3 Å². The lowest BCUT2D eigenvalue weighted by Crippen LogP contribution is -2.01. The fraction of sp³-hybridized carbons (Fsp3) is 0.200. The summed E-state index contributed by atoms with van der Waals surface area (Å²) in [6.45, 7) is 4.25. The monoisotopic (exact) mass is 230 g/mol. The van der Waals surface area contributed by atoms with Gasteiger partial charge in [0.05, 0.1) is 0 Å². The van der Waals surface area contributed by atoms with Crippen LogP contribution in [0.5, 0.6) is 0 Å². The zero-order valence-corrected chi connectivity index (χ0v) is 11.0. The molecular weight excluding hydrogens is 211 g/mol. The maximum Gasteiger partial charge on any atom is -0.0226 e. The van der Waals surface area contributed by atoms with E-state index in [1.165, 1.54) is 17.0 Å². The smallest absolute Gasteiger partial charge is 0.0226 e. The van der Waals surface area contributed by atoms with Gasteiger partial charge in [-0.1, -0.05) is 89.5 Å². The van der Waals surface area contributed by atoms with Gasteiger partial charge in [0.15, 0.2) is 0 Å². The molecule has 0 nitrogen and oxygen atoms in total. The fourth-order valence-corrected chi connectivity index (χ4v) is 2.26. The van der Waals surface area contributed by atoms with Crippen LogP contribution in [0, 0.1) is 0 Å².